The van der Waals surface area contributed by atoms with Gasteiger partial charge in [-0.1, -0.05) is 263 Å². The number of hydrogen-bond donors (Lipinski definition) is 3. The van der Waals surface area contributed by atoms with E-state index in [0.29, 0.717) is 32.1 Å². The van der Waals surface area contributed by atoms with E-state index in [9.17, 15) is 43.2 Å². The van der Waals surface area contributed by atoms with Crippen molar-refractivity contribution in [3.8, 4) is 0 Å². The lowest BCUT2D eigenvalue weighted by Crippen LogP contribution is -2.30. The highest BCUT2D eigenvalue weighted by Gasteiger charge is 2.30. The fourth-order valence-electron chi connectivity index (χ4n) is 9.93. The molecule has 0 saturated carbocycles. The summed E-state index contributed by atoms with van der Waals surface area (Å²) in [5.74, 6) is -2.29. The van der Waals surface area contributed by atoms with Crippen molar-refractivity contribution in [1.82, 2.24) is 0 Å². The van der Waals surface area contributed by atoms with Crippen LogP contribution in [-0.2, 0) is 65.4 Å². The zero-order chi connectivity index (χ0) is 76.0. The molecule has 0 aromatic carbocycles. The molecule has 0 radical (unpaired) electrons. The first-order chi connectivity index (χ1) is 50.7. The Kier molecular flexibility index (Phi) is 72.0. The normalized spacial score (nSPS) is 14.7. The monoisotopic (exact) mass is 1490 g/mol. The molecule has 5 unspecified atom stereocenters. The zero-order valence-electron chi connectivity index (χ0n) is 64.6. The Labute approximate surface area is 629 Å². The second-order valence-corrected chi connectivity index (χ2v) is 28.8. The van der Waals surface area contributed by atoms with Gasteiger partial charge in [0.25, 0.3) is 0 Å². The molecule has 0 bridgehead atoms. The first kappa shape index (κ1) is 98.7. The second kappa shape index (κ2) is 75.9. The minimum Gasteiger partial charge on any atom is -0.462 e. The van der Waals surface area contributed by atoms with Gasteiger partial charge in [0.15, 0.2) is 12.2 Å². The molecule has 0 amide bonds. The molecular weight excluding hydrogens is 1350 g/mol. The smallest absolute Gasteiger partial charge is 0.462 e. The highest BCUT2D eigenvalue weighted by molar-refractivity contribution is 7.47. The fraction of sp³-hybridized carbons (Fsp3) is 0.647. The number of aliphatic hydroxyl groups is 1. The van der Waals surface area contributed by atoms with Gasteiger partial charge in [0.05, 0.1) is 26.4 Å². The van der Waals surface area contributed by atoms with E-state index >= 15 is 0 Å². The number of aliphatic hydroxyl groups excluding tert-OH is 1. The van der Waals surface area contributed by atoms with Gasteiger partial charge in [-0.25, -0.2) is 9.13 Å². The van der Waals surface area contributed by atoms with Crippen LogP contribution in [0.25, 0.3) is 0 Å². The van der Waals surface area contributed by atoms with Crippen LogP contribution in [0.3, 0.4) is 0 Å². The molecule has 3 N–H and O–H groups in total. The summed E-state index contributed by atoms with van der Waals surface area (Å²) >= 11 is 0. The average Bonchev–Trinajstić information content (AvgIpc) is 0.929. The summed E-state index contributed by atoms with van der Waals surface area (Å²) < 4.78 is 68.5. The van der Waals surface area contributed by atoms with Gasteiger partial charge >= 0.3 is 39.5 Å². The Balaban J connectivity index is 5.40. The van der Waals surface area contributed by atoms with Crippen LogP contribution >= 0.6 is 15.6 Å². The van der Waals surface area contributed by atoms with Crippen LogP contribution in [0.4, 0.5) is 0 Å². The SMILES string of the molecule is CC/C=C\C/C=C\C/C=C\C/C=C\C/C=C\CCCCCC(=O)OCC(COP(=O)(O)OCC(O)COP(=O)(O)OCC(COC(=O)CCCCCCCC/C=C\C/C=C\C/C=C\CCCCC)OC(=O)CCCCCCC/C=C\CCCC)OC(=O)CCCC/C=C\C/C=C\C/C=C\C/C=C\CC. The molecule has 0 aliphatic heterocycles. The van der Waals surface area contributed by atoms with E-state index in [1.165, 1.54) is 32.1 Å². The molecular formula is C85H140O17P2. The van der Waals surface area contributed by atoms with E-state index in [4.69, 9.17) is 37.0 Å². The van der Waals surface area contributed by atoms with Gasteiger partial charge < -0.3 is 33.8 Å². The molecule has 0 aromatic heterocycles. The number of hydrogen-bond acceptors (Lipinski definition) is 15. The van der Waals surface area contributed by atoms with Crippen LogP contribution in [0, 0.1) is 0 Å². The van der Waals surface area contributed by atoms with Crippen LogP contribution in [0.1, 0.15) is 297 Å². The maximum atomic E-state index is 13.1. The highest BCUT2D eigenvalue weighted by Crippen LogP contribution is 2.45. The Hall–Kier alpha value is -5.32. The first-order valence-corrected chi connectivity index (χ1v) is 42.7. The van der Waals surface area contributed by atoms with Crippen LogP contribution in [-0.4, -0.2) is 96.7 Å². The van der Waals surface area contributed by atoms with Crippen LogP contribution in [0.2, 0.25) is 0 Å². The summed E-state index contributed by atoms with van der Waals surface area (Å²) in [6.07, 6.45) is 88.1. The Morgan fingerprint density at radius 2 is 0.510 bits per heavy atom. The quantitative estimate of drug-likeness (QED) is 0.0169. The number of ether oxygens (including phenoxy) is 4. The molecule has 0 heterocycles. The standard InChI is InChI=1S/C85H140O17P2/c1-5-9-13-17-21-25-29-32-35-37-39-41-44-46-50-53-57-61-65-69-82(87)95-75-80(101-84(89)71-67-63-59-55-49-28-24-20-16-12-8-4)77-99-103(91,92)97-73-79(86)74-98-104(93,94)100-78-81(102-85(90)72-68-64-60-56-52-48-43-34-31-27-23-19-15-11-7-3)76-96-83(88)70-66-62-58-54-51-47-45-42-40-38-36-33-30-26-22-18-14-10-6-2/h10-11,14-15,20-27,32-36,39-43,47,51-52,56,79-81,86H,5-9,12-13,16-19,28-31,37-38,44-46,48-50,53-55,57-78H2,1-4H3,(H,91,92)(H,93,94)/b14-10-,15-11-,24-20-,25-21-,26-22-,27-23-,35-32-,36-33-,41-39-,42-40-,43-34-,51-47-,56-52-. The molecule has 0 fully saturated rings. The van der Waals surface area contributed by atoms with Gasteiger partial charge in [-0.05, 0) is 167 Å². The number of carbonyl (C=O) groups excluding carboxylic acids is 4. The highest BCUT2D eigenvalue weighted by atomic mass is 31.2. The molecule has 0 aromatic rings. The van der Waals surface area contributed by atoms with E-state index in [1.54, 1.807) is 0 Å². The number of unbranched alkanes of at least 4 members (excludes halogenated alkanes) is 21. The van der Waals surface area contributed by atoms with E-state index < -0.39 is 97.5 Å². The predicted molar refractivity (Wildman–Crippen MR) is 427 cm³/mol. The second-order valence-electron chi connectivity index (χ2n) is 25.9. The molecule has 0 rings (SSSR count). The number of phosphoric ester groups is 2. The molecule has 0 aliphatic carbocycles. The predicted octanol–water partition coefficient (Wildman–Crippen LogP) is 23.2. The van der Waals surface area contributed by atoms with Crippen LogP contribution in [0.15, 0.2) is 158 Å². The first-order valence-electron chi connectivity index (χ1n) is 39.7. The third-order valence-electron chi connectivity index (χ3n) is 16.0. The lowest BCUT2D eigenvalue weighted by molar-refractivity contribution is -0.161. The zero-order valence-corrected chi connectivity index (χ0v) is 66.4. The van der Waals surface area contributed by atoms with E-state index in [1.807, 2.05) is 0 Å². The van der Waals surface area contributed by atoms with E-state index in [0.717, 1.165) is 180 Å². The molecule has 0 aliphatic rings. The molecule has 0 saturated heterocycles. The minimum atomic E-state index is -5.00. The van der Waals surface area contributed by atoms with Gasteiger partial charge in [-0.15, -0.1) is 0 Å². The van der Waals surface area contributed by atoms with E-state index in [2.05, 4.69) is 186 Å². The van der Waals surface area contributed by atoms with Gasteiger partial charge in [0.1, 0.15) is 19.3 Å². The molecule has 5 atom stereocenters. The van der Waals surface area contributed by atoms with Crippen molar-refractivity contribution >= 4 is 39.5 Å². The topological polar surface area (TPSA) is 237 Å². The lowest BCUT2D eigenvalue weighted by atomic mass is 10.1. The summed E-state index contributed by atoms with van der Waals surface area (Å²) in [5.41, 5.74) is 0. The number of rotatable bonds is 73. The molecule has 17 nitrogen and oxygen atoms in total. The third kappa shape index (κ3) is 74.9. The maximum Gasteiger partial charge on any atom is 0.472 e. The van der Waals surface area contributed by atoms with Crippen molar-refractivity contribution in [2.75, 3.05) is 39.6 Å². The summed E-state index contributed by atoms with van der Waals surface area (Å²) in [6.45, 7) is 4.46. The van der Waals surface area contributed by atoms with Crippen molar-refractivity contribution in [2.24, 2.45) is 0 Å². The van der Waals surface area contributed by atoms with Crippen molar-refractivity contribution in [3.63, 3.8) is 0 Å². The summed E-state index contributed by atoms with van der Waals surface area (Å²) in [6, 6.07) is 0. The minimum absolute atomic E-state index is 0.0294. The maximum absolute atomic E-state index is 13.1. The molecule has 104 heavy (non-hydrogen) atoms. The number of esters is 4. The van der Waals surface area contributed by atoms with Crippen molar-refractivity contribution in [1.29, 1.82) is 0 Å². The lowest BCUT2D eigenvalue weighted by Gasteiger charge is -2.21. The van der Waals surface area contributed by atoms with Gasteiger partial charge in [-0.3, -0.25) is 37.3 Å². The number of carbonyl (C=O) groups is 4. The summed E-state index contributed by atoms with van der Waals surface area (Å²) in [4.78, 5) is 72.9. The molecule has 19 heteroatoms. The van der Waals surface area contributed by atoms with Crippen LogP contribution < -0.4 is 0 Å². The summed E-state index contributed by atoms with van der Waals surface area (Å²) in [7, 11) is -9.99. The van der Waals surface area contributed by atoms with E-state index in [-0.39, 0.29) is 25.7 Å². The average molecular weight is 1500 g/mol. The Morgan fingerprint density at radius 1 is 0.279 bits per heavy atom. The largest absolute Gasteiger partial charge is 0.472 e. The van der Waals surface area contributed by atoms with Gasteiger partial charge in [-0.2, -0.15) is 0 Å². The van der Waals surface area contributed by atoms with Gasteiger partial charge in [0.2, 0.25) is 0 Å². The number of allylic oxidation sites excluding steroid dienone is 26. The Bertz CT molecular complexity index is 2590. The van der Waals surface area contributed by atoms with Crippen molar-refractivity contribution < 1.29 is 80.2 Å². The Morgan fingerprint density at radius 3 is 0.837 bits per heavy atom. The summed E-state index contributed by atoms with van der Waals surface area (Å²) in [5, 5.41) is 10.6. The molecule has 592 valence electrons. The molecule has 0 spiro atoms. The third-order valence-corrected chi connectivity index (χ3v) is 17.9. The fourth-order valence-corrected chi connectivity index (χ4v) is 11.5. The van der Waals surface area contributed by atoms with Crippen molar-refractivity contribution in [2.45, 2.75) is 316 Å². The van der Waals surface area contributed by atoms with Gasteiger partial charge in [0, 0.05) is 25.7 Å². The van der Waals surface area contributed by atoms with Crippen LogP contribution in [0.5, 0.6) is 0 Å². The number of phosphoric acid groups is 2. The van der Waals surface area contributed by atoms with Crippen molar-refractivity contribution in [3.05, 3.63) is 158 Å².